The molecule has 1 rings (SSSR count). The molecule has 0 unspecified atom stereocenters. The zero-order valence-corrected chi connectivity index (χ0v) is 9.28. The Hall–Kier alpha value is -1.06. The van der Waals surface area contributed by atoms with E-state index in [9.17, 15) is 9.59 Å². The Morgan fingerprint density at radius 2 is 1.71 bits per heavy atom. The van der Waals surface area contributed by atoms with Crippen LogP contribution in [-0.2, 0) is 9.59 Å². The highest BCUT2D eigenvalue weighted by molar-refractivity contribution is 5.96. The zero-order chi connectivity index (χ0) is 10.9. The van der Waals surface area contributed by atoms with Crippen LogP contribution in [0.25, 0.3) is 0 Å². The van der Waals surface area contributed by atoms with Crippen LogP contribution in [0.5, 0.6) is 0 Å². The maximum atomic E-state index is 11.8. The van der Waals surface area contributed by atoms with E-state index >= 15 is 0 Å². The van der Waals surface area contributed by atoms with Gasteiger partial charge >= 0.3 is 0 Å². The van der Waals surface area contributed by atoms with Crippen LogP contribution in [-0.4, -0.2) is 47.8 Å². The highest BCUT2D eigenvalue weighted by Gasteiger charge is 2.39. The van der Waals surface area contributed by atoms with Crippen molar-refractivity contribution in [2.75, 3.05) is 14.1 Å². The van der Waals surface area contributed by atoms with Crippen molar-refractivity contribution in [3.8, 4) is 0 Å². The number of carbonyl (C=O) groups is 2. The third kappa shape index (κ3) is 1.61. The van der Waals surface area contributed by atoms with E-state index in [1.165, 1.54) is 0 Å². The van der Waals surface area contributed by atoms with Crippen LogP contribution in [0.3, 0.4) is 0 Å². The topological polar surface area (TPSA) is 40.6 Å². The molecule has 0 N–H and O–H groups in total. The molecule has 14 heavy (non-hydrogen) atoms. The SMILES string of the molecule is CCC[C@@H]1C(=O)N(C)[C@@H](C)C(=O)N1C. The first-order valence-electron chi connectivity index (χ1n) is 5.04. The van der Waals surface area contributed by atoms with Crippen LogP contribution in [0.2, 0.25) is 0 Å². The normalized spacial score (nSPS) is 28.6. The number of rotatable bonds is 2. The van der Waals surface area contributed by atoms with Gasteiger partial charge in [-0.2, -0.15) is 0 Å². The van der Waals surface area contributed by atoms with Gasteiger partial charge in [-0.25, -0.2) is 0 Å². The highest BCUT2D eigenvalue weighted by Crippen LogP contribution is 2.18. The number of hydrogen-bond donors (Lipinski definition) is 0. The van der Waals surface area contributed by atoms with E-state index < -0.39 is 0 Å². The van der Waals surface area contributed by atoms with Crippen molar-refractivity contribution in [1.29, 1.82) is 0 Å². The van der Waals surface area contributed by atoms with Crippen LogP contribution >= 0.6 is 0 Å². The molecule has 0 radical (unpaired) electrons. The molecule has 1 saturated heterocycles. The summed E-state index contributed by atoms with van der Waals surface area (Å²) < 4.78 is 0. The monoisotopic (exact) mass is 198 g/mol. The number of hydrogen-bond acceptors (Lipinski definition) is 2. The molecule has 0 aromatic carbocycles. The van der Waals surface area contributed by atoms with Crippen molar-refractivity contribution in [2.45, 2.75) is 38.8 Å². The third-order valence-corrected chi connectivity index (χ3v) is 2.95. The van der Waals surface area contributed by atoms with E-state index in [2.05, 4.69) is 0 Å². The minimum Gasteiger partial charge on any atom is -0.332 e. The Kier molecular flexibility index (Phi) is 3.13. The predicted molar refractivity (Wildman–Crippen MR) is 53.7 cm³/mol. The first-order valence-corrected chi connectivity index (χ1v) is 5.04. The standard InChI is InChI=1S/C10H18N2O2/c1-5-6-8-10(14)11(3)7(2)9(13)12(8)4/h7-8H,5-6H2,1-4H3/t7-,8+/m0/s1. The first kappa shape index (κ1) is 11.0. The zero-order valence-electron chi connectivity index (χ0n) is 9.28. The summed E-state index contributed by atoms with van der Waals surface area (Å²) in [6.45, 7) is 3.78. The lowest BCUT2D eigenvalue weighted by atomic mass is 10.0. The van der Waals surface area contributed by atoms with Crippen molar-refractivity contribution in [3.05, 3.63) is 0 Å². The average molecular weight is 198 g/mol. The maximum absolute atomic E-state index is 11.8. The predicted octanol–water partition coefficient (Wildman–Crippen LogP) is 0.474. The number of piperazine rings is 1. The summed E-state index contributed by atoms with van der Waals surface area (Å²) in [6, 6.07) is -0.575. The van der Waals surface area contributed by atoms with Gasteiger partial charge in [0.05, 0.1) is 0 Å². The Bertz CT molecular complexity index is 253. The molecule has 1 heterocycles. The fourth-order valence-electron chi connectivity index (χ4n) is 1.80. The van der Waals surface area contributed by atoms with E-state index in [1.807, 2.05) is 6.92 Å². The number of likely N-dealkylation sites (N-methyl/N-ethyl adjacent to an activating group) is 2. The van der Waals surface area contributed by atoms with Gasteiger partial charge in [0.15, 0.2) is 0 Å². The molecule has 0 saturated carbocycles. The molecule has 0 spiro atoms. The molecule has 4 nitrogen and oxygen atoms in total. The molecule has 0 aromatic rings. The quantitative estimate of drug-likeness (QED) is 0.647. The van der Waals surface area contributed by atoms with Gasteiger partial charge < -0.3 is 9.80 Å². The molecule has 0 bridgehead atoms. The van der Waals surface area contributed by atoms with Gasteiger partial charge in [0.1, 0.15) is 12.1 Å². The van der Waals surface area contributed by atoms with Gasteiger partial charge in [0.25, 0.3) is 0 Å². The molecule has 1 aliphatic heterocycles. The Labute approximate surface area is 84.9 Å². The second-order valence-corrected chi connectivity index (χ2v) is 3.88. The molecule has 80 valence electrons. The molecule has 1 fully saturated rings. The Morgan fingerprint density at radius 3 is 2.21 bits per heavy atom. The fourth-order valence-corrected chi connectivity index (χ4v) is 1.80. The largest absolute Gasteiger partial charge is 0.332 e. The lowest BCUT2D eigenvalue weighted by Gasteiger charge is -2.40. The summed E-state index contributed by atoms with van der Waals surface area (Å²) in [6.07, 6.45) is 1.66. The molecule has 4 heteroatoms. The molecule has 2 amide bonds. The van der Waals surface area contributed by atoms with Crippen molar-refractivity contribution in [1.82, 2.24) is 9.80 Å². The Morgan fingerprint density at radius 1 is 1.14 bits per heavy atom. The van der Waals surface area contributed by atoms with Crippen molar-refractivity contribution in [2.24, 2.45) is 0 Å². The molecule has 0 aromatic heterocycles. The third-order valence-electron chi connectivity index (χ3n) is 2.95. The van der Waals surface area contributed by atoms with E-state index in [0.717, 1.165) is 12.8 Å². The number of carbonyl (C=O) groups excluding carboxylic acids is 2. The van der Waals surface area contributed by atoms with Gasteiger partial charge in [-0.3, -0.25) is 9.59 Å². The van der Waals surface area contributed by atoms with Crippen LogP contribution in [0.15, 0.2) is 0 Å². The number of nitrogens with zero attached hydrogens (tertiary/aromatic N) is 2. The molecular weight excluding hydrogens is 180 g/mol. The van der Waals surface area contributed by atoms with Crippen LogP contribution in [0, 0.1) is 0 Å². The van der Waals surface area contributed by atoms with E-state index in [0.29, 0.717) is 0 Å². The lowest BCUT2D eigenvalue weighted by molar-refractivity contribution is -0.157. The van der Waals surface area contributed by atoms with Crippen molar-refractivity contribution in [3.63, 3.8) is 0 Å². The average Bonchev–Trinajstić information content (AvgIpc) is 2.19. The van der Waals surface area contributed by atoms with Gasteiger partial charge in [-0.15, -0.1) is 0 Å². The Balaban J connectivity index is 2.86. The van der Waals surface area contributed by atoms with Gasteiger partial charge in [0, 0.05) is 14.1 Å². The van der Waals surface area contributed by atoms with Crippen LogP contribution in [0.4, 0.5) is 0 Å². The smallest absolute Gasteiger partial charge is 0.245 e. The summed E-state index contributed by atoms with van der Waals surface area (Å²) in [5.41, 5.74) is 0. The van der Waals surface area contributed by atoms with Crippen molar-refractivity contribution < 1.29 is 9.59 Å². The molecule has 0 aliphatic carbocycles. The van der Waals surface area contributed by atoms with Gasteiger partial charge in [0.2, 0.25) is 11.8 Å². The maximum Gasteiger partial charge on any atom is 0.245 e. The second kappa shape index (κ2) is 3.98. The summed E-state index contributed by atoms with van der Waals surface area (Å²) in [4.78, 5) is 26.6. The molecular formula is C10H18N2O2. The summed E-state index contributed by atoms with van der Waals surface area (Å²) in [7, 11) is 3.41. The minimum absolute atomic E-state index is 0.0329. The fraction of sp³-hybridized carbons (Fsp3) is 0.800. The van der Waals surface area contributed by atoms with Crippen LogP contribution < -0.4 is 0 Å². The molecule has 2 atom stereocenters. The molecule has 1 aliphatic rings. The van der Waals surface area contributed by atoms with E-state index in [-0.39, 0.29) is 23.9 Å². The van der Waals surface area contributed by atoms with Gasteiger partial charge in [-0.05, 0) is 13.3 Å². The summed E-state index contributed by atoms with van der Waals surface area (Å²) >= 11 is 0. The van der Waals surface area contributed by atoms with Crippen LogP contribution in [0.1, 0.15) is 26.7 Å². The first-order chi connectivity index (χ1) is 6.50. The lowest BCUT2D eigenvalue weighted by Crippen LogP contribution is -2.61. The summed E-state index contributed by atoms with van der Waals surface area (Å²) in [5, 5.41) is 0. The highest BCUT2D eigenvalue weighted by atomic mass is 16.2. The van der Waals surface area contributed by atoms with E-state index in [4.69, 9.17) is 0 Å². The summed E-state index contributed by atoms with van der Waals surface area (Å²) in [5.74, 6) is 0.0898. The second-order valence-electron chi connectivity index (χ2n) is 3.88. The van der Waals surface area contributed by atoms with E-state index in [1.54, 1.807) is 30.8 Å². The minimum atomic E-state index is -0.319. The van der Waals surface area contributed by atoms with Gasteiger partial charge in [-0.1, -0.05) is 13.3 Å². The van der Waals surface area contributed by atoms with Crippen molar-refractivity contribution >= 4 is 11.8 Å². The number of amides is 2.